The summed E-state index contributed by atoms with van der Waals surface area (Å²) in [6.07, 6.45) is 3.30. The minimum absolute atomic E-state index is 0.115. The normalized spacial score (nSPS) is 11.4. The van der Waals surface area contributed by atoms with Gasteiger partial charge in [-0.1, -0.05) is 29.3 Å². The molecule has 0 bridgehead atoms. The largest absolute Gasteiger partial charge is 0.504 e. The zero-order valence-corrected chi connectivity index (χ0v) is 21.4. The van der Waals surface area contributed by atoms with E-state index in [-0.39, 0.29) is 23.1 Å². The molecule has 0 aliphatic carbocycles. The van der Waals surface area contributed by atoms with E-state index < -0.39 is 5.91 Å². The predicted molar refractivity (Wildman–Crippen MR) is 140 cm³/mol. The van der Waals surface area contributed by atoms with Gasteiger partial charge >= 0.3 is 0 Å². The number of nitrogens with zero attached hydrogens (tertiary/aromatic N) is 4. The SMILES string of the molecule is C/C(=N/NC(=O)c1ccc(C(=O)NCc2ccncc2)s1)c1nn(C)c(-c2ccc(Cl)c(Cl)c2)c1O. The number of hydrogen-bond donors (Lipinski definition) is 3. The Morgan fingerprint density at radius 1 is 1.06 bits per heavy atom. The van der Waals surface area contributed by atoms with Crippen molar-refractivity contribution in [1.82, 2.24) is 25.5 Å². The molecule has 0 unspecified atom stereocenters. The summed E-state index contributed by atoms with van der Waals surface area (Å²) in [5.41, 5.74) is 4.88. The Hall–Kier alpha value is -3.73. The van der Waals surface area contributed by atoms with Crippen LogP contribution in [0.25, 0.3) is 11.3 Å². The third-order valence-corrected chi connectivity index (χ3v) is 6.96. The molecule has 0 fully saturated rings. The first kappa shape index (κ1) is 25.4. The number of aryl methyl sites for hydroxylation is 1. The summed E-state index contributed by atoms with van der Waals surface area (Å²) in [4.78, 5) is 29.6. The van der Waals surface area contributed by atoms with Crippen molar-refractivity contribution in [3.8, 4) is 17.0 Å². The molecule has 4 aromatic rings. The number of hydrazone groups is 1. The van der Waals surface area contributed by atoms with Gasteiger partial charge in [-0.25, -0.2) is 5.43 Å². The molecule has 3 aromatic heterocycles. The number of pyridine rings is 1. The second-order valence-corrected chi connectivity index (χ2v) is 9.54. The Bertz CT molecular complexity index is 1470. The van der Waals surface area contributed by atoms with E-state index in [1.165, 1.54) is 4.68 Å². The van der Waals surface area contributed by atoms with E-state index in [2.05, 4.69) is 25.9 Å². The summed E-state index contributed by atoms with van der Waals surface area (Å²) in [5.74, 6) is -0.896. The number of rotatable bonds is 7. The quantitative estimate of drug-likeness (QED) is 0.232. The van der Waals surface area contributed by atoms with E-state index >= 15 is 0 Å². The van der Waals surface area contributed by atoms with E-state index in [0.29, 0.717) is 37.6 Å². The zero-order chi connectivity index (χ0) is 25.8. The highest BCUT2D eigenvalue weighted by Crippen LogP contribution is 2.35. The van der Waals surface area contributed by atoms with Crippen molar-refractivity contribution in [1.29, 1.82) is 0 Å². The van der Waals surface area contributed by atoms with Gasteiger partial charge in [0.15, 0.2) is 11.4 Å². The van der Waals surface area contributed by atoms with Gasteiger partial charge < -0.3 is 10.4 Å². The van der Waals surface area contributed by atoms with Crippen LogP contribution in [0.1, 0.15) is 37.5 Å². The van der Waals surface area contributed by atoms with Crippen molar-refractivity contribution in [2.45, 2.75) is 13.5 Å². The average molecular weight is 543 g/mol. The smallest absolute Gasteiger partial charge is 0.281 e. The number of thiophene rings is 1. The van der Waals surface area contributed by atoms with Gasteiger partial charge in [0, 0.05) is 31.5 Å². The molecule has 0 spiro atoms. The fourth-order valence-electron chi connectivity index (χ4n) is 3.32. The molecule has 3 N–H and O–H groups in total. The summed E-state index contributed by atoms with van der Waals surface area (Å²) in [6.45, 7) is 1.95. The van der Waals surface area contributed by atoms with Gasteiger partial charge in [0.1, 0.15) is 5.69 Å². The maximum atomic E-state index is 12.6. The van der Waals surface area contributed by atoms with Crippen LogP contribution in [-0.4, -0.2) is 37.4 Å². The van der Waals surface area contributed by atoms with E-state index in [0.717, 1.165) is 16.9 Å². The number of halogens is 2. The third kappa shape index (κ3) is 5.56. The Balaban J connectivity index is 1.43. The molecule has 9 nitrogen and oxygen atoms in total. The molecule has 12 heteroatoms. The number of benzene rings is 1. The van der Waals surface area contributed by atoms with Crippen molar-refractivity contribution < 1.29 is 14.7 Å². The highest BCUT2D eigenvalue weighted by atomic mass is 35.5. The lowest BCUT2D eigenvalue weighted by atomic mass is 10.1. The lowest BCUT2D eigenvalue weighted by molar-refractivity contribution is 0.0950. The summed E-state index contributed by atoms with van der Waals surface area (Å²) in [7, 11) is 1.67. The molecular formula is C24H20Cl2N6O3S. The fourth-order valence-corrected chi connectivity index (χ4v) is 4.43. The Morgan fingerprint density at radius 2 is 1.75 bits per heavy atom. The van der Waals surface area contributed by atoms with Crippen LogP contribution in [0, 0.1) is 0 Å². The molecular weight excluding hydrogens is 523 g/mol. The maximum Gasteiger partial charge on any atom is 0.281 e. The summed E-state index contributed by atoms with van der Waals surface area (Å²) < 4.78 is 1.49. The first-order valence-electron chi connectivity index (χ1n) is 10.6. The highest BCUT2D eigenvalue weighted by molar-refractivity contribution is 7.15. The second kappa shape index (κ2) is 10.9. The van der Waals surface area contributed by atoms with Crippen molar-refractivity contribution in [3.63, 3.8) is 0 Å². The Labute approximate surface area is 220 Å². The molecule has 0 aliphatic rings. The topological polar surface area (TPSA) is 122 Å². The van der Waals surface area contributed by atoms with E-state index in [4.69, 9.17) is 23.2 Å². The van der Waals surface area contributed by atoms with Gasteiger partial charge in [0.05, 0.1) is 25.5 Å². The van der Waals surface area contributed by atoms with Crippen LogP contribution in [-0.2, 0) is 13.6 Å². The molecule has 36 heavy (non-hydrogen) atoms. The van der Waals surface area contributed by atoms with Gasteiger partial charge in [0.2, 0.25) is 0 Å². The molecule has 4 rings (SSSR count). The Kier molecular flexibility index (Phi) is 7.68. The molecule has 3 heterocycles. The van der Waals surface area contributed by atoms with Gasteiger partial charge in [-0.05, 0) is 48.9 Å². The lowest BCUT2D eigenvalue weighted by Gasteiger charge is -2.04. The van der Waals surface area contributed by atoms with Crippen LogP contribution in [0.5, 0.6) is 5.75 Å². The standard InChI is InChI=1S/C24H20Cl2N6O3S/c1-13(20-22(33)21(32(2)31-20)15-3-4-16(25)17(26)11-15)29-30-24(35)19-6-5-18(36-19)23(34)28-12-14-7-9-27-10-8-14/h3-11,33H,12H2,1-2H3,(H,28,34)(H,30,35)/b29-13-. The van der Waals surface area contributed by atoms with Crippen LogP contribution in [0.2, 0.25) is 10.0 Å². The molecule has 0 radical (unpaired) electrons. The van der Waals surface area contributed by atoms with Crippen LogP contribution >= 0.6 is 34.5 Å². The minimum atomic E-state index is -0.493. The van der Waals surface area contributed by atoms with Gasteiger partial charge in [-0.2, -0.15) is 10.2 Å². The first-order valence-corrected chi connectivity index (χ1v) is 12.1. The highest BCUT2D eigenvalue weighted by Gasteiger charge is 2.20. The minimum Gasteiger partial charge on any atom is -0.504 e. The molecule has 0 aliphatic heterocycles. The molecule has 0 atom stereocenters. The number of amides is 2. The number of nitrogens with one attached hydrogen (secondary N) is 2. The van der Waals surface area contributed by atoms with E-state index in [1.54, 1.807) is 68.8 Å². The molecule has 2 amide bonds. The van der Waals surface area contributed by atoms with Crippen molar-refractivity contribution >= 4 is 52.1 Å². The van der Waals surface area contributed by atoms with Crippen LogP contribution in [0.4, 0.5) is 0 Å². The van der Waals surface area contributed by atoms with Gasteiger partial charge in [-0.15, -0.1) is 11.3 Å². The van der Waals surface area contributed by atoms with Crippen molar-refractivity contribution in [2.75, 3.05) is 0 Å². The monoisotopic (exact) mass is 542 g/mol. The van der Waals surface area contributed by atoms with E-state index in [9.17, 15) is 14.7 Å². The first-order chi connectivity index (χ1) is 17.2. The predicted octanol–water partition coefficient (Wildman–Crippen LogP) is 4.64. The fraction of sp³-hybridized carbons (Fsp3) is 0.125. The summed E-state index contributed by atoms with van der Waals surface area (Å²) in [6, 6.07) is 11.7. The Morgan fingerprint density at radius 3 is 2.44 bits per heavy atom. The van der Waals surface area contributed by atoms with Gasteiger partial charge in [-0.3, -0.25) is 19.3 Å². The summed E-state index contributed by atoms with van der Waals surface area (Å²) >= 11 is 13.1. The third-order valence-electron chi connectivity index (χ3n) is 5.14. The number of carbonyl (C=O) groups is 2. The average Bonchev–Trinajstić information content (AvgIpc) is 3.48. The zero-order valence-electron chi connectivity index (χ0n) is 19.1. The maximum absolute atomic E-state index is 12.6. The molecule has 184 valence electrons. The second-order valence-electron chi connectivity index (χ2n) is 7.64. The number of aromatic nitrogens is 3. The van der Waals surface area contributed by atoms with E-state index in [1.807, 2.05) is 0 Å². The molecule has 1 aromatic carbocycles. The molecule has 0 saturated carbocycles. The number of hydrogen-bond acceptors (Lipinski definition) is 7. The van der Waals surface area contributed by atoms with Crippen molar-refractivity contribution in [3.05, 3.63) is 85.9 Å². The summed E-state index contributed by atoms with van der Waals surface area (Å²) in [5, 5.41) is 22.7. The van der Waals surface area contributed by atoms with Crippen molar-refractivity contribution in [2.24, 2.45) is 12.1 Å². The number of aromatic hydroxyl groups is 1. The van der Waals surface area contributed by atoms with Gasteiger partial charge in [0.25, 0.3) is 11.8 Å². The number of carbonyl (C=O) groups excluding carboxylic acids is 2. The van der Waals surface area contributed by atoms with Crippen LogP contribution < -0.4 is 10.7 Å². The van der Waals surface area contributed by atoms with Crippen LogP contribution in [0.3, 0.4) is 0 Å². The molecule has 0 saturated heterocycles. The van der Waals surface area contributed by atoms with Crippen LogP contribution in [0.15, 0.2) is 60.0 Å². The lowest BCUT2D eigenvalue weighted by Crippen LogP contribution is -2.21.